The van der Waals surface area contributed by atoms with Gasteiger partial charge in [-0.3, -0.25) is 4.79 Å². The normalized spacial score (nSPS) is 17.4. The van der Waals surface area contributed by atoms with E-state index in [4.69, 9.17) is 4.74 Å². The Hall–Kier alpha value is -1.39. The van der Waals surface area contributed by atoms with Gasteiger partial charge in [-0.05, 0) is 31.9 Å². The molecule has 1 amide bonds. The lowest BCUT2D eigenvalue weighted by atomic mass is 9.73. The van der Waals surface area contributed by atoms with Gasteiger partial charge in [-0.25, -0.2) is 0 Å². The second-order valence-corrected chi connectivity index (χ2v) is 5.67. The van der Waals surface area contributed by atoms with E-state index in [0.717, 1.165) is 31.5 Å². The average molecular weight is 290 g/mol. The molecule has 0 bridgehead atoms. The zero-order chi connectivity index (χ0) is 15.1. The molecule has 116 valence electrons. The van der Waals surface area contributed by atoms with Crippen molar-refractivity contribution < 1.29 is 9.53 Å². The number of aryl methyl sites for hydroxylation is 1. The molecule has 0 aromatic heterocycles. The lowest BCUT2D eigenvalue weighted by molar-refractivity contribution is -0.130. The number of amides is 1. The Kier molecular flexibility index (Phi) is 5.76. The molecule has 4 nitrogen and oxygen atoms in total. The predicted octanol–water partition coefficient (Wildman–Crippen LogP) is 1.77. The first-order valence-corrected chi connectivity index (χ1v) is 7.83. The van der Waals surface area contributed by atoms with Crippen LogP contribution in [0.5, 0.6) is 0 Å². The average Bonchev–Trinajstić information content (AvgIpc) is 2.52. The van der Waals surface area contributed by atoms with Gasteiger partial charge in [-0.15, -0.1) is 0 Å². The zero-order valence-electron chi connectivity index (χ0n) is 13.1. The summed E-state index contributed by atoms with van der Waals surface area (Å²) in [6.45, 7) is 7.82. The van der Waals surface area contributed by atoms with Gasteiger partial charge in [0.2, 0.25) is 5.91 Å². The molecular formula is C17H26N2O2. The van der Waals surface area contributed by atoms with E-state index in [-0.39, 0.29) is 5.91 Å². The van der Waals surface area contributed by atoms with Crippen molar-refractivity contribution in [3.8, 4) is 0 Å². The minimum Gasteiger partial charge on any atom is -0.381 e. The molecule has 1 fully saturated rings. The summed E-state index contributed by atoms with van der Waals surface area (Å²) < 4.78 is 5.47. The summed E-state index contributed by atoms with van der Waals surface area (Å²) in [6.07, 6.45) is 1.51. The molecule has 1 aromatic rings. The van der Waals surface area contributed by atoms with Gasteiger partial charge in [0.05, 0.1) is 5.41 Å². The van der Waals surface area contributed by atoms with Crippen molar-refractivity contribution in [2.24, 2.45) is 0 Å². The Morgan fingerprint density at radius 1 is 1.19 bits per heavy atom. The van der Waals surface area contributed by atoms with Crippen LogP contribution >= 0.6 is 0 Å². The highest BCUT2D eigenvalue weighted by Gasteiger charge is 2.41. The van der Waals surface area contributed by atoms with Gasteiger partial charge in [0.25, 0.3) is 0 Å². The van der Waals surface area contributed by atoms with E-state index in [0.29, 0.717) is 19.8 Å². The minimum atomic E-state index is -0.432. The molecule has 0 unspecified atom stereocenters. The molecule has 1 aliphatic rings. The third kappa shape index (κ3) is 3.83. The van der Waals surface area contributed by atoms with Gasteiger partial charge in [-0.1, -0.05) is 36.8 Å². The minimum absolute atomic E-state index is 0.132. The van der Waals surface area contributed by atoms with Gasteiger partial charge in [0, 0.05) is 26.3 Å². The van der Waals surface area contributed by atoms with Gasteiger partial charge in [0.1, 0.15) is 0 Å². The van der Waals surface area contributed by atoms with Crippen LogP contribution in [0.3, 0.4) is 0 Å². The monoisotopic (exact) mass is 290 g/mol. The molecule has 1 saturated heterocycles. The summed E-state index contributed by atoms with van der Waals surface area (Å²) in [5.41, 5.74) is 1.89. The van der Waals surface area contributed by atoms with Crippen LogP contribution in [0.4, 0.5) is 0 Å². The zero-order valence-corrected chi connectivity index (χ0v) is 13.1. The number of ether oxygens (including phenoxy) is 1. The third-order valence-electron chi connectivity index (χ3n) is 4.22. The molecule has 1 aromatic carbocycles. The Morgan fingerprint density at radius 2 is 1.86 bits per heavy atom. The fourth-order valence-corrected chi connectivity index (χ4v) is 2.85. The quantitative estimate of drug-likeness (QED) is 0.785. The number of nitrogens with one attached hydrogen (secondary N) is 2. The fourth-order valence-electron chi connectivity index (χ4n) is 2.85. The van der Waals surface area contributed by atoms with Gasteiger partial charge in [0.15, 0.2) is 0 Å². The molecule has 2 N–H and O–H groups in total. The summed E-state index contributed by atoms with van der Waals surface area (Å²) in [5.74, 6) is 0.132. The molecule has 2 rings (SSSR count). The van der Waals surface area contributed by atoms with Crippen molar-refractivity contribution in [3.63, 3.8) is 0 Å². The van der Waals surface area contributed by atoms with E-state index in [1.165, 1.54) is 5.56 Å². The molecular weight excluding hydrogens is 264 g/mol. The van der Waals surface area contributed by atoms with Crippen molar-refractivity contribution in [3.05, 3.63) is 35.4 Å². The van der Waals surface area contributed by atoms with Crippen LogP contribution in [0.2, 0.25) is 0 Å². The third-order valence-corrected chi connectivity index (χ3v) is 4.22. The summed E-state index contributed by atoms with van der Waals surface area (Å²) in [7, 11) is 0. The second kappa shape index (κ2) is 7.57. The molecule has 0 atom stereocenters. The molecule has 0 aliphatic carbocycles. The first-order valence-electron chi connectivity index (χ1n) is 7.83. The molecule has 1 heterocycles. The summed E-state index contributed by atoms with van der Waals surface area (Å²) >= 11 is 0. The summed E-state index contributed by atoms with van der Waals surface area (Å²) in [6, 6.07) is 8.34. The van der Waals surface area contributed by atoms with Crippen LogP contribution in [-0.4, -0.2) is 38.8 Å². The number of hydrogen-bond donors (Lipinski definition) is 2. The number of carbonyl (C=O) groups is 1. The van der Waals surface area contributed by atoms with E-state index in [9.17, 15) is 4.79 Å². The molecule has 0 saturated carbocycles. The van der Waals surface area contributed by atoms with E-state index in [1.807, 2.05) is 0 Å². The smallest absolute Gasteiger partial charge is 0.230 e. The highest BCUT2D eigenvalue weighted by atomic mass is 16.5. The maximum absolute atomic E-state index is 12.8. The Bertz CT molecular complexity index is 450. The second-order valence-electron chi connectivity index (χ2n) is 5.67. The van der Waals surface area contributed by atoms with Crippen molar-refractivity contribution in [2.45, 2.75) is 32.1 Å². The number of benzene rings is 1. The summed E-state index contributed by atoms with van der Waals surface area (Å²) in [5, 5.41) is 6.31. The van der Waals surface area contributed by atoms with Crippen LogP contribution in [0.15, 0.2) is 24.3 Å². The van der Waals surface area contributed by atoms with Crippen molar-refractivity contribution >= 4 is 5.91 Å². The molecule has 0 spiro atoms. The predicted molar refractivity (Wildman–Crippen MR) is 84.5 cm³/mol. The Morgan fingerprint density at radius 3 is 2.48 bits per heavy atom. The Labute approximate surface area is 127 Å². The number of carbonyl (C=O) groups excluding carboxylic acids is 1. The van der Waals surface area contributed by atoms with Crippen molar-refractivity contribution in [1.82, 2.24) is 10.6 Å². The van der Waals surface area contributed by atoms with Crippen LogP contribution in [0.25, 0.3) is 0 Å². The maximum atomic E-state index is 12.8. The lowest BCUT2D eigenvalue weighted by Gasteiger charge is -2.36. The standard InChI is InChI=1S/C17H26N2O2/c1-3-18-10-11-19-16(20)17(8-12-21-13-9-17)15-6-4-14(2)5-7-15/h4-7,18H,3,8-13H2,1-2H3,(H,19,20). The van der Waals surface area contributed by atoms with Gasteiger partial charge >= 0.3 is 0 Å². The fraction of sp³-hybridized carbons (Fsp3) is 0.588. The highest BCUT2D eigenvalue weighted by molar-refractivity contribution is 5.88. The Balaban J connectivity index is 2.12. The molecule has 4 heteroatoms. The van der Waals surface area contributed by atoms with Crippen LogP contribution in [0, 0.1) is 6.92 Å². The number of rotatable bonds is 6. The van der Waals surface area contributed by atoms with Crippen molar-refractivity contribution in [1.29, 1.82) is 0 Å². The maximum Gasteiger partial charge on any atom is 0.230 e. The lowest BCUT2D eigenvalue weighted by Crippen LogP contribution is -2.49. The van der Waals surface area contributed by atoms with E-state index >= 15 is 0 Å². The first-order chi connectivity index (χ1) is 10.2. The van der Waals surface area contributed by atoms with E-state index in [2.05, 4.69) is 48.7 Å². The molecule has 0 radical (unpaired) electrons. The number of hydrogen-bond acceptors (Lipinski definition) is 3. The van der Waals surface area contributed by atoms with Gasteiger partial charge in [-0.2, -0.15) is 0 Å². The van der Waals surface area contributed by atoms with Crippen LogP contribution < -0.4 is 10.6 Å². The topological polar surface area (TPSA) is 50.4 Å². The molecule has 21 heavy (non-hydrogen) atoms. The highest BCUT2D eigenvalue weighted by Crippen LogP contribution is 2.35. The van der Waals surface area contributed by atoms with E-state index in [1.54, 1.807) is 0 Å². The largest absolute Gasteiger partial charge is 0.381 e. The summed E-state index contributed by atoms with van der Waals surface area (Å²) in [4.78, 5) is 12.8. The first kappa shape index (κ1) is 16.0. The van der Waals surface area contributed by atoms with Crippen LogP contribution in [0.1, 0.15) is 30.9 Å². The van der Waals surface area contributed by atoms with Crippen LogP contribution in [-0.2, 0) is 14.9 Å². The SMILES string of the molecule is CCNCCNC(=O)C1(c2ccc(C)cc2)CCOCC1. The molecule has 1 aliphatic heterocycles. The van der Waals surface area contributed by atoms with E-state index < -0.39 is 5.41 Å². The van der Waals surface area contributed by atoms with Gasteiger partial charge < -0.3 is 15.4 Å². The number of likely N-dealkylation sites (N-methyl/N-ethyl adjacent to an activating group) is 1. The van der Waals surface area contributed by atoms with Crippen molar-refractivity contribution in [2.75, 3.05) is 32.8 Å².